The molecule has 4 rings (SSSR count). The highest BCUT2D eigenvalue weighted by molar-refractivity contribution is 6.09. The first-order chi connectivity index (χ1) is 11.3. The van der Waals surface area contributed by atoms with Crippen molar-refractivity contribution in [3.63, 3.8) is 0 Å². The minimum absolute atomic E-state index is 0.0513. The first-order valence-electron chi connectivity index (χ1n) is 7.50. The molecule has 0 aliphatic rings. The van der Waals surface area contributed by atoms with Crippen molar-refractivity contribution in [2.24, 2.45) is 0 Å². The summed E-state index contributed by atoms with van der Waals surface area (Å²) in [7, 11) is 0. The molecule has 4 aromatic rings. The Hall–Kier alpha value is -3.14. The molecule has 0 bridgehead atoms. The molecule has 4 nitrogen and oxygen atoms in total. The highest BCUT2D eigenvalue weighted by Crippen LogP contribution is 2.22. The average molecular weight is 301 g/mol. The van der Waals surface area contributed by atoms with E-state index in [9.17, 15) is 4.79 Å². The van der Waals surface area contributed by atoms with Crippen LogP contribution in [0, 0.1) is 0 Å². The number of aromatic amines is 1. The largest absolute Gasteiger partial charge is 0.376 e. The molecule has 0 saturated carbocycles. The Kier molecular flexibility index (Phi) is 3.27. The maximum Gasteiger partial charge on any atom is 0.183 e. The van der Waals surface area contributed by atoms with Crippen LogP contribution in [0.25, 0.3) is 21.8 Å². The molecule has 2 N–H and O–H groups in total. The van der Waals surface area contributed by atoms with Crippen LogP contribution < -0.4 is 5.32 Å². The van der Waals surface area contributed by atoms with Gasteiger partial charge in [0, 0.05) is 34.2 Å². The van der Waals surface area contributed by atoms with Crippen LogP contribution in [-0.2, 0) is 0 Å². The maximum absolute atomic E-state index is 12.5. The van der Waals surface area contributed by atoms with Crippen molar-refractivity contribution < 1.29 is 4.79 Å². The lowest BCUT2D eigenvalue weighted by Gasteiger charge is -2.08. The number of nitrogens with one attached hydrogen (secondary N) is 2. The summed E-state index contributed by atoms with van der Waals surface area (Å²) in [6, 6.07) is 17.6. The molecular formula is C19H15N3O. The summed E-state index contributed by atoms with van der Waals surface area (Å²) in [5.41, 5.74) is 3.43. The summed E-state index contributed by atoms with van der Waals surface area (Å²) in [5.74, 6) is 0.0513. The highest BCUT2D eigenvalue weighted by Gasteiger charge is 2.12. The second-order valence-electron chi connectivity index (χ2n) is 5.41. The van der Waals surface area contributed by atoms with E-state index >= 15 is 0 Å². The number of aromatic nitrogens is 2. The number of carbonyl (C=O) groups excluding carboxylic acids is 1. The van der Waals surface area contributed by atoms with Gasteiger partial charge in [-0.25, -0.2) is 0 Å². The fourth-order valence-electron chi connectivity index (χ4n) is 2.82. The Bertz CT molecular complexity index is 998. The average Bonchev–Trinajstić information content (AvgIpc) is 3.04. The Morgan fingerprint density at radius 3 is 2.87 bits per heavy atom. The van der Waals surface area contributed by atoms with E-state index in [0.717, 1.165) is 27.5 Å². The van der Waals surface area contributed by atoms with Gasteiger partial charge in [-0.15, -0.1) is 0 Å². The fraction of sp³-hybridized carbons (Fsp3) is 0.0526. The van der Waals surface area contributed by atoms with E-state index in [1.54, 1.807) is 12.4 Å². The second kappa shape index (κ2) is 5.57. The highest BCUT2D eigenvalue weighted by atomic mass is 16.1. The van der Waals surface area contributed by atoms with Gasteiger partial charge in [0.05, 0.1) is 17.7 Å². The smallest absolute Gasteiger partial charge is 0.183 e. The number of carbonyl (C=O) groups is 1. The number of fused-ring (bicyclic) bond motifs is 2. The van der Waals surface area contributed by atoms with E-state index in [4.69, 9.17) is 0 Å². The third-order valence-electron chi connectivity index (χ3n) is 3.96. The summed E-state index contributed by atoms with van der Waals surface area (Å²) in [5, 5.41) is 5.22. The van der Waals surface area contributed by atoms with Crippen LogP contribution >= 0.6 is 0 Å². The molecule has 0 saturated heterocycles. The number of hydrogen-bond acceptors (Lipinski definition) is 3. The van der Waals surface area contributed by atoms with E-state index in [1.165, 1.54) is 0 Å². The molecule has 2 heterocycles. The number of pyridine rings is 1. The topological polar surface area (TPSA) is 57.8 Å². The molecule has 0 aliphatic carbocycles. The number of Topliss-reactive ketones (excluding diaryl/α,β-unsaturated/α-hetero) is 1. The normalized spacial score (nSPS) is 11.0. The first kappa shape index (κ1) is 13.5. The van der Waals surface area contributed by atoms with Gasteiger partial charge in [-0.05, 0) is 18.2 Å². The van der Waals surface area contributed by atoms with Gasteiger partial charge >= 0.3 is 0 Å². The Labute approximate surface area is 133 Å². The second-order valence-corrected chi connectivity index (χ2v) is 5.41. The number of anilines is 1. The Morgan fingerprint density at radius 1 is 1.04 bits per heavy atom. The minimum Gasteiger partial charge on any atom is -0.376 e. The molecule has 0 amide bonds. The van der Waals surface area contributed by atoms with E-state index in [0.29, 0.717) is 5.56 Å². The number of rotatable bonds is 4. The monoisotopic (exact) mass is 301 g/mol. The zero-order valence-electron chi connectivity index (χ0n) is 12.4. The van der Waals surface area contributed by atoms with E-state index in [-0.39, 0.29) is 12.3 Å². The van der Waals surface area contributed by atoms with E-state index in [1.807, 2.05) is 54.6 Å². The van der Waals surface area contributed by atoms with Crippen LogP contribution in [0.15, 0.2) is 67.0 Å². The van der Waals surface area contributed by atoms with Crippen molar-refractivity contribution in [3.05, 3.63) is 72.6 Å². The molecule has 2 aromatic carbocycles. The number of ketones is 1. The first-order valence-corrected chi connectivity index (χ1v) is 7.50. The van der Waals surface area contributed by atoms with Gasteiger partial charge in [0.25, 0.3) is 0 Å². The van der Waals surface area contributed by atoms with Gasteiger partial charge in [-0.1, -0.05) is 36.4 Å². The lowest BCUT2D eigenvalue weighted by molar-refractivity contribution is 0.101. The maximum atomic E-state index is 12.5. The molecule has 0 aliphatic heterocycles. The number of para-hydroxylation sites is 2. The SMILES string of the molecule is O=C(CNc1cccc2cccnc12)c1c[nH]c2ccccc12. The standard InChI is InChI=1S/C19H15N3O/c23-18(15-11-21-16-8-2-1-7-14(15)16)12-22-17-9-3-5-13-6-4-10-20-19(13)17/h1-11,21-22H,12H2. The predicted molar refractivity (Wildman–Crippen MR) is 92.9 cm³/mol. The van der Waals surface area contributed by atoms with Gasteiger partial charge in [-0.3, -0.25) is 9.78 Å². The number of H-pyrrole nitrogens is 1. The van der Waals surface area contributed by atoms with Crippen LogP contribution in [0.2, 0.25) is 0 Å². The summed E-state index contributed by atoms with van der Waals surface area (Å²) in [6.45, 7) is 0.234. The van der Waals surface area contributed by atoms with Crippen molar-refractivity contribution in [3.8, 4) is 0 Å². The van der Waals surface area contributed by atoms with Gasteiger partial charge in [-0.2, -0.15) is 0 Å². The fourth-order valence-corrected chi connectivity index (χ4v) is 2.82. The quantitative estimate of drug-likeness (QED) is 0.560. The molecule has 0 spiro atoms. The third kappa shape index (κ3) is 2.44. The summed E-state index contributed by atoms with van der Waals surface area (Å²) in [4.78, 5) is 20.1. The number of hydrogen-bond donors (Lipinski definition) is 2. The third-order valence-corrected chi connectivity index (χ3v) is 3.96. The number of benzene rings is 2. The lowest BCUT2D eigenvalue weighted by Crippen LogP contribution is -2.14. The number of nitrogens with zero attached hydrogens (tertiary/aromatic N) is 1. The molecule has 0 radical (unpaired) electrons. The summed E-state index contributed by atoms with van der Waals surface area (Å²) >= 11 is 0. The van der Waals surface area contributed by atoms with Gasteiger partial charge in [0.2, 0.25) is 0 Å². The molecule has 0 atom stereocenters. The van der Waals surface area contributed by atoms with Gasteiger partial charge < -0.3 is 10.3 Å². The molecule has 0 unspecified atom stereocenters. The summed E-state index contributed by atoms with van der Waals surface area (Å²) in [6.07, 6.45) is 3.53. The predicted octanol–water partition coefficient (Wildman–Crippen LogP) is 4.01. The van der Waals surface area contributed by atoms with Crippen molar-refractivity contribution >= 4 is 33.3 Å². The van der Waals surface area contributed by atoms with Crippen molar-refractivity contribution in [1.29, 1.82) is 0 Å². The molecule has 23 heavy (non-hydrogen) atoms. The zero-order chi connectivity index (χ0) is 15.6. The summed E-state index contributed by atoms with van der Waals surface area (Å²) < 4.78 is 0. The lowest BCUT2D eigenvalue weighted by atomic mass is 10.1. The van der Waals surface area contributed by atoms with E-state index < -0.39 is 0 Å². The van der Waals surface area contributed by atoms with Crippen molar-refractivity contribution in [2.45, 2.75) is 0 Å². The molecule has 2 aromatic heterocycles. The molecule has 4 heteroatoms. The van der Waals surface area contributed by atoms with Gasteiger partial charge in [0.1, 0.15) is 0 Å². The van der Waals surface area contributed by atoms with Crippen LogP contribution in [0.1, 0.15) is 10.4 Å². The van der Waals surface area contributed by atoms with Crippen molar-refractivity contribution in [1.82, 2.24) is 9.97 Å². The van der Waals surface area contributed by atoms with Gasteiger partial charge in [0.15, 0.2) is 5.78 Å². The van der Waals surface area contributed by atoms with E-state index in [2.05, 4.69) is 15.3 Å². The van der Waals surface area contributed by atoms with Crippen LogP contribution in [0.5, 0.6) is 0 Å². The van der Waals surface area contributed by atoms with Crippen molar-refractivity contribution in [2.75, 3.05) is 11.9 Å². The van der Waals surface area contributed by atoms with Crippen LogP contribution in [0.4, 0.5) is 5.69 Å². The Morgan fingerprint density at radius 2 is 1.91 bits per heavy atom. The van der Waals surface area contributed by atoms with Crippen LogP contribution in [0.3, 0.4) is 0 Å². The molecule has 0 fully saturated rings. The Balaban J connectivity index is 1.60. The minimum atomic E-state index is 0.0513. The zero-order valence-corrected chi connectivity index (χ0v) is 12.4. The van der Waals surface area contributed by atoms with Crippen LogP contribution in [-0.4, -0.2) is 22.3 Å². The molecule has 112 valence electrons. The molecular weight excluding hydrogens is 286 g/mol.